The van der Waals surface area contributed by atoms with E-state index in [9.17, 15) is 4.79 Å². The van der Waals surface area contributed by atoms with Crippen molar-refractivity contribution >= 4 is 17.4 Å². The van der Waals surface area contributed by atoms with Crippen molar-refractivity contribution in [3.05, 3.63) is 65.1 Å². The van der Waals surface area contributed by atoms with Gasteiger partial charge in [0.25, 0.3) is 0 Å². The van der Waals surface area contributed by atoms with E-state index in [0.29, 0.717) is 13.1 Å². The van der Waals surface area contributed by atoms with Crippen LogP contribution in [0, 0.1) is 6.92 Å². The maximum absolute atomic E-state index is 12.4. The lowest BCUT2D eigenvalue weighted by Gasteiger charge is -2.26. The van der Waals surface area contributed by atoms with Crippen LogP contribution in [-0.2, 0) is 6.54 Å². The number of rotatable bonds is 7. The number of urea groups is 1. The summed E-state index contributed by atoms with van der Waals surface area (Å²) in [6.07, 6.45) is 4.07. The zero-order valence-electron chi connectivity index (χ0n) is 16.6. The maximum atomic E-state index is 12.4. The third kappa shape index (κ3) is 4.86. The van der Waals surface area contributed by atoms with Gasteiger partial charge in [-0.25, -0.2) is 9.78 Å². The van der Waals surface area contributed by atoms with E-state index in [4.69, 9.17) is 4.42 Å². The monoisotopic (exact) mass is 410 g/mol. The summed E-state index contributed by atoms with van der Waals surface area (Å²) in [7, 11) is 0. The molecular weight excluding hydrogens is 384 g/mol. The van der Waals surface area contributed by atoms with Crippen molar-refractivity contribution in [1.82, 2.24) is 20.5 Å². The Labute approximate surface area is 174 Å². The molecular formula is C22H26N4O2S. The van der Waals surface area contributed by atoms with Gasteiger partial charge in [0.2, 0.25) is 0 Å². The molecule has 4 rings (SSSR count). The van der Waals surface area contributed by atoms with Crippen molar-refractivity contribution in [2.24, 2.45) is 0 Å². The van der Waals surface area contributed by atoms with Gasteiger partial charge in [-0.3, -0.25) is 4.90 Å². The molecule has 0 radical (unpaired) electrons. The molecule has 2 aromatic heterocycles. The Morgan fingerprint density at radius 1 is 1.17 bits per heavy atom. The highest BCUT2D eigenvalue weighted by molar-refractivity contribution is 7.15. The van der Waals surface area contributed by atoms with E-state index >= 15 is 0 Å². The summed E-state index contributed by atoms with van der Waals surface area (Å²) < 4.78 is 5.61. The highest BCUT2D eigenvalue weighted by atomic mass is 32.1. The summed E-state index contributed by atoms with van der Waals surface area (Å²) in [5, 5.41) is 6.95. The predicted molar refractivity (Wildman–Crippen MR) is 115 cm³/mol. The molecule has 0 aliphatic carbocycles. The lowest BCUT2D eigenvalue weighted by molar-refractivity contribution is 0.203. The highest BCUT2D eigenvalue weighted by Crippen LogP contribution is 2.28. The molecule has 0 bridgehead atoms. The number of nitrogens with one attached hydrogen (secondary N) is 2. The van der Waals surface area contributed by atoms with Gasteiger partial charge in [-0.1, -0.05) is 30.3 Å². The number of hydrogen-bond acceptors (Lipinski definition) is 5. The zero-order valence-corrected chi connectivity index (χ0v) is 17.4. The second-order valence-corrected chi connectivity index (χ2v) is 8.32. The second-order valence-electron chi connectivity index (χ2n) is 7.23. The third-order valence-corrected chi connectivity index (χ3v) is 6.44. The van der Waals surface area contributed by atoms with Crippen LogP contribution in [-0.4, -0.2) is 35.5 Å². The highest BCUT2D eigenvalue weighted by Gasteiger charge is 2.25. The van der Waals surface area contributed by atoms with Crippen LogP contribution < -0.4 is 10.6 Å². The molecule has 1 saturated heterocycles. The number of furan rings is 1. The number of amides is 2. The molecule has 1 fully saturated rings. The Balaban J connectivity index is 1.32. The summed E-state index contributed by atoms with van der Waals surface area (Å²) in [4.78, 5) is 20.5. The van der Waals surface area contributed by atoms with Gasteiger partial charge < -0.3 is 15.1 Å². The molecule has 0 spiro atoms. The minimum absolute atomic E-state index is 0.0769. The number of thiazole rings is 1. The van der Waals surface area contributed by atoms with Gasteiger partial charge in [-0.15, -0.1) is 11.3 Å². The van der Waals surface area contributed by atoms with Gasteiger partial charge in [0.15, 0.2) is 0 Å². The van der Waals surface area contributed by atoms with Gasteiger partial charge in [0.1, 0.15) is 10.8 Å². The van der Waals surface area contributed by atoms with Crippen LogP contribution in [0.4, 0.5) is 4.79 Å². The first-order valence-corrected chi connectivity index (χ1v) is 10.8. The van der Waals surface area contributed by atoms with E-state index in [2.05, 4.69) is 32.7 Å². The minimum atomic E-state index is -0.171. The zero-order chi connectivity index (χ0) is 20.1. The normalized spacial score (nSPS) is 15.3. The Morgan fingerprint density at radius 2 is 1.97 bits per heavy atom. The molecule has 7 heteroatoms. The summed E-state index contributed by atoms with van der Waals surface area (Å²) in [5.41, 5.74) is 2.06. The van der Waals surface area contributed by atoms with Crippen molar-refractivity contribution in [2.45, 2.75) is 32.4 Å². The fraction of sp³-hybridized carbons (Fsp3) is 0.364. The topological polar surface area (TPSA) is 70.4 Å². The summed E-state index contributed by atoms with van der Waals surface area (Å²) in [6.45, 7) is 5.06. The first-order valence-electron chi connectivity index (χ1n) is 10.0. The molecule has 1 aliphatic rings. The average molecular weight is 411 g/mol. The molecule has 3 heterocycles. The Kier molecular flexibility index (Phi) is 6.27. The van der Waals surface area contributed by atoms with E-state index in [-0.39, 0.29) is 12.1 Å². The summed E-state index contributed by atoms with van der Waals surface area (Å²) in [6, 6.07) is 13.9. The number of aromatic nitrogens is 1. The number of likely N-dealkylation sites (tertiary alicyclic amines) is 1. The van der Waals surface area contributed by atoms with Crippen LogP contribution in [0.15, 0.2) is 53.1 Å². The number of carbonyl (C=O) groups is 1. The Morgan fingerprint density at radius 3 is 2.69 bits per heavy atom. The van der Waals surface area contributed by atoms with E-state index in [1.54, 1.807) is 17.6 Å². The van der Waals surface area contributed by atoms with Crippen LogP contribution in [0.1, 0.15) is 35.2 Å². The van der Waals surface area contributed by atoms with Crippen molar-refractivity contribution in [2.75, 3.05) is 19.6 Å². The molecule has 6 nitrogen and oxygen atoms in total. The predicted octanol–water partition coefficient (Wildman–Crippen LogP) is 4.35. The van der Waals surface area contributed by atoms with E-state index in [1.165, 1.54) is 12.8 Å². The Hall–Kier alpha value is -2.64. The van der Waals surface area contributed by atoms with Crippen molar-refractivity contribution in [3.63, 3.8) is 0 Å². The maximum Gasteiger partial charge on any atom is 0.315 e. The van der Waals surface area contributed by atoms with Crippen LogP contribution in [0.2, 0.25) is 0 Å². The SMILES string of the molecule is Cc1nc(-c2ccccc2)sc1CNC(=O)NCC(c1ccco1)N1CCCC1. The number of aryl methyl sites for hydroxylation is 1. The summed E-state index contributed by atoms with van der Waals surface area (Å²) >= 11 is 1.62. The first-order chi connectivity index (χ1) is 14.2. The molecule has 3 aromatic rings. The molecule has 1 aromatic carbocycles. The average Bonchev–Trinajstić information content (AvgIpc) is 3.50. The van der Waals surface area contributed by atoms with E-state index in [0.717, 1.165) is 40.0 Å². The van der Waals surface area contributed by atoms with Gasteiger partial charge in [-0.05, 0) is 45.0 Å². The fourth-order valence-electron chi connectivity index (χ4n) is 3.65. The number of benzene rings is 1. The smallest absolute Gasteiger partial charge is 0.315 e. The molecule has 1 atom stereocenters. The second kappa shape index (κ2) is 9.24. The van der Waals surface area contributed by atoms with Gasteiger partial charge in [0, 0.05) is 17.0 Å². The molecule has 2 amide bonds. The quantitative estimate of drug-likeness (QED) is 0.608. The van der Waals surface area contributed by atoms with Gasteiger partial charge in [-0.2, -0.15) is 0 Å². The number of carbonyl (C=O) groups excluding carboxylic acids is 1. The van der Waals surface area contributed by atoms with Gasteiger partial charge in [0.05, 0.1) is 24.5 Å². The van der Waals surface area contributed by atoms with Crippen LogP contribution in [0.3, 0.4) is 0 Å². The number of nitrogens with zero attached hydrogens (tertiary/aromatic N) is 2. The number of hydrogen-bond donors (Lipinski definition) is 2. The summed E-state index contributed by atoms with van der Waals surface area (Å²) in [5.74, 6) is 0.901. The van der Waals surface area contributed by atoms with Crippen molar-refractivity contribution in [1.29, 1.82) is 0 Å². The van der Waals surface area contributed by atoms with E-state index in [1.807, 2.05) is 37.3 Å². The molecule has 2 N–H and O–H groups in total. The molecule has 0 saturated carbocycles. The van der Waals surface area contributed by atoms with Crippen LogP contribution in [0.5, 0.6) is 0 Å². The van der Waals surface area contributed by atoms with Gasteiger partial charge >= 0.3 is 6.03 Å². The lowest BCUT2D eigenvalue weighted by Crippen LogP contribution is -2.41. The van der Waals surface area contributed by atoms with Crippen molar-refractivity contribution < 1.29 is 9.21 Å². The van der Waals surface area contributed by atoms with Crippen LogP contribution in [0.25, 0.3) is 10.6 Å². The third-order valence-electron chi connectivity index (χ3n) is 5.23. The molecule has 152 valence electrons. The Bertz CT molecular complexity index is 918. The minimum Gasteiger partial charge on any atom is -0.468 e. The fourth-order valence-corrected chi connectivity index (χ4v) is 4.66. The van der Waals surface area contributed by atoms with E-state index < -0.39 is 0 Å². The van der Waals surface area contributed by atoms with Crippen molar-refractivity contribution in [3.8, 4) is 10.6 Å². The molecule has 1 unspecified atom stereocenters. The van der Waals surface area contributed by atoms with Crippen LogP contribution >= 0.6 is 11.3 Å². The molecule has 29 heavy (non-hydrogen) atoms. The molecule has 1 aliphatic heterocycles. The largest absolute Gasteiger partial charge is 0.468 e. The first kappa shape index (κ1) is 19.7. The standard InChI is InChI=1S/C22H26N4O2S/c1-16-20(29-21(25-16)17-8-3-2-4-9-17)15-24-22(27)23-14-18(19-10-7-13-28-19)26-11-5-6-12-26/h2-4,7-10,13,18H,5-6,11-12,14-15H2,1H3,(H2,23,24,27). The lowest BCUT2D eigenvalue weighted by atomic mass is 10.2.